The predicted molar refractivity (Wildman–Crippen MR) is 66.9 cm³/mol. The maximum Gasteiger partial charge on any atom is 0.149 e. The molecule has 0 bridgehead atoms. The van der Waals surface area contributed by atoms with E-state index in [0.717, 1.165) is 25.2 Å². The highest BCUT2D eigenvalue weighted by Gasteiger charge is 2.01. The highest BCUT2D eigenvalue weighted by Crippen LogP contribution is 2.19. The monoisotopic (exact) mass is 252 g/mol. The maximum atomic E-state index is 5.76. The van der Waals surface area contributed by atoms with Gasteiger partial charge in [-0.3, -0.25) is 5.10 Å². The van der Waals surface area contributed by atoms with E-state index in [1.807, 2.05) is 0 Å². The van der Waals surface area contributed by atoms with Crippen LogP contribution in [0, 0.1) is 0 Å². The molecule has 7 heteroatoms. The van der Waals surface area contributed by atoms with Crippen molar-refractivity contribution in [2.45, 2.75) is 12.8 Å². The summed E-state index contributed by atoms with van der Waals surface area (Å²) >= 11 is 5.76. The number of nitrogens with zero attached hydrogens (tertiary/aromatic N) is 3. The third-order valence-corrected chi connectivity index (χ3v) is 2.44. The summed E-state index contributed by atoms with van der Waals surface area (Å²) in [6.45, 7) is 0.763. The number of H-pyrrole nitrogens is 1. The topological polar surface area (TPSA) is 92.5 Å². The molecule has 0 saturated carbocycles. The lowest BCUT2D eigenvalue weighted by Crippen LogP contribution is -2.07. The van der Waals surface area contributed by atoms with Crippen LogP contribution in [0.3, 0.4) is 0 Å². The molecule has 2 aromatic rings. The maximum absolute atomic E-state index is 5.76. The van der Waals surface area contributed by atoms with Crippen LogP contribution in [-0.4, -0.2) is 26.7 Å². The molecule has 0 aromatic carbocycles. The first kappa shape index (κ1) is 11.7. The SMILES string of the molecule is Nc1cc(Cl)cnc1NCCCc1ncn[nH]1. The van der Waals surface area contributed by atoms with E-state index in [2.05, 4.69) is 25.5 Å². The smallest absolute Gasteiger partial charge is 0.149 e. The molecule has 2 rings (SSSR count). The lowest BCUT2D eigenvalue weighted by molar-refractivity contribution is 0.804. The normalized spacial score (nSPS) is 10.4. The van der Waals surface area contributed by atoms with E-state index in [-0.39, 0.29) is 0 Å². The average molecular weight is 253 g/mol. The fourth-order valence-electron chi connectivity index (χ4n) is 1.42. The number of aromatic nitrogens is 4. The summed E-state index contributed by atoms with van der Waals surface area (Å²) in [4.78, 5) is 8.15. The number of nitrogens with one attached hydrogen (secondary N) is 2. The number of nitrogens with two attached hydrogens (primary N) is 1. The van der Waals surface area contributed by atoms with Crippen molar-refractivity contribution < 1.29 is 0 Å². The minimum atomic E-state index is 0.537. The molecule has 0 aliphatic rings. The first-order chi connectivity index (χ1) is 8.25. The number of aryl methyl sites for hydroxylation is 1. The lowest BCUT2D eigenvalue weighted by atomic mass is 10.3. The van der Waals surface area contributed by atoms with Gasteiger partial charge < -0.3 is 11.1 Å². The van der Waals surface area contributed by atoms with Gasteiger partial charge in [0.15, 0.2) is 0 Å². The molecular weight excluding hydrogens is 240 g/mol. The van der Waals surface area contributed by atoms with Crippen molar-refractivity contribution in [1.29, 1.82) is 0 Å². The third kappa shape index (κ3) is 3.32. The van der Waals surface area contributed by atoms with Gasteiger partial charge in [0.05, 0.1) is 10.7 Å². The molecular formula is C10H13ClN6. The van der Waals surface area contributed by atoms with Gasteiger partial charge in [0.1, 0.15) is 18.0 Å². The Kier molecular flexibility index (Phi) is 3.77. The molecule has 0 amide bonds. The fourth-order valence-corrected chi connectivity index (χ4v) is 1.58. The van der Waals surface area contributed by atoms with Crippen LogP contribution in [0.4, 0.5) is 11.5 Å². The van der Waals surface area contributed by atoms with Crippen LogP contribution in [0.5, 0.6) is 0 Å². The summed E-state index contributed by atoms with van der Waals surface area (Å²) in [5.74, 6) is 1.54. The number of hydrogen-bond donors (Lipinski definition) is 3. The zero-order valence-electron chi connectivity index (χ0n) is 9.15. The average Bonchev–Trinajstić information content (AvgIpc) is 2.79. The molecule has 0 radical (unpaired) electrons. The summed E-state index contributed by atoms with van der Waals surface area (Å²) in [5.41, 5.74) is 6.31. The quantitative estimate of drug-likeness (QED) is 0.701. The van der Waals surface area contributed by atoms with Crippen molar-refractivity contribution in [2.24, 2.45) is 0 Å². The first-order valence-corrected chi connectivity index (χ1v) is 5.62. The Balaban J connectivity index is 1.78. The number of pyridine rings is 1. The Morgan fingerprint density at radius 1 is 1.41 bits per heavy atom. The van der Waals surface area contributed by atoms with Gasteiger partial charge in [-0.2, -0.15) is 5.10 Å². The molecule has 0 spiro atoms. The molecule has 17 heavy (non-hydrogen) atoms. The van der Waals surface area contributed by atoms with Crippen LogP contribution in [0.15, 0.2) is 18.6 Å². The molecule has 0 atom stereocenters. The van der Waals surface area contributed by atoms with Crippen molar-refractivity contribution in [3.05, 3.63) is 29.4 Å². The number of aromatic amines is 1. The van der Waals surface area contributed by atoms with E-state index < -0.39 is 0 Å². The lowest BCUT2D eigenvalue weighted by Gasteiger charge is -2.07. The van der Waals surface area contributed by atoms with Gasteiger partial charge >= 0.3 is 0 Å². The minimum Gasteiger partial charge on any atom is -0.396 e. The van der Waals surface area contributed by atoms with Gasteiger partial charge in [-0.1, -0.05) is 11.6 Å². The van der Waals surface area contributed by atoms with Crippen LogP contribution in [0.1, 0.15) is 12.2 Å². The molecule has 0 aliphatic heterocycles. The van der Waals surface area contributed by atoms with Gasteiger partial charge in [-0.15, -0.1) is 0 Å². The van der Waals surface area contributed by atoms with Crippen molar-refractivity contribution in [3.8, 4) is 0 Å². The van der Waals surface area contributed by atoms with Crippen molar-refractivity contribution >= 4 is 23.1 Å². The summed E-state index contributed by atoms with van der Waals surface area (Å²) in [7, 11) is 0. The Morgan fingerprint density at radius 3 is 3.00 bits per heavy atom. The molecule has 90 valence electrons. The van der Waals surface area contributed by atoms with Gasteiger partial charge in [0.2, 0.25) is 0 Å². The highest BCUT2D eigenvalue weighted by molar-refractivity contribution is 6.30. The highest BCUT2D eigenvalue weighted by atomic mass is 35.5. The third-order valence-electron chi connectivity index (χ3n) is 2.23. The van der Waals surface area contributed by atoms with Crippen LogP contribution < -0.4 is 11.1 Å². The summed E-state index contributed by atoms with van der Waals surface area (Å²) in [6, 6.07) is 1.67. The number of rotatable bonds is 5. The summed E-state index contributed by atoms with van der Waals surface area (Å²) in [6.07, 6.45) is 4.82. The Bertz CT molecular complexity index is 470. The second-order valence-corrected chi connectivity index (χ2v) is 3.99. The Hall–Kier alpha value is -1.82. The van der Waals surface area contributed by atoms with E-state index in [1.165, 1.54) is 6.33 Å². The predicted octanol–water partition coefficient (Wildman–Crippen LogP) is 1.48. The zero-order valence-corrected chi connectivity index (χ0v) is 9.91. The Labute approximate surface area is 104 Å². The molecule has 2 aromatic heterocycles. The Morgan fingerprint density at radius 2 is 2.29 bits per heavy atom. The largest absolute Gasteiger partial charge is 0.396 e. The van der Waals surface area contributed by atoms with E-state index >= 15 is 0 Å². The van der Waals surface area contributed by atoms with Crippen LogP contribution in [-0.2, 0) is 6.42 Å². The molecule has 6 nitrogen and oxygen atoms in total. The number of hydrogen-bond acceptors (Lipinski definition) is 5. The standard InChI is InChI=1S/C10H13ClN6/c11-7-4-8(12)10(14-5-7)13-3-1-2-9-15-6-16-17-9/h4-6H,1-3,12H2,(H,13,14)(H,15,16,17). The molecule has 4 N–H and O–H groups in total. The van der Waals surface area contributed by atoms with Crippen LogP contribution in [0.25, 0.3) is 0 Å². The molecule has 0 saturated heterocycles. The number of anilines is 2. The molecule has 0 unspecified atom stereocenters. The van der Waals surface area contributed by atoms with Gasteiger partial charge in [0, 0.05) is 19.2 Å². The van der Waals surface area contributed by atoms with Crippen molar-refractivity contribution in [3.63, 3.8) is 0 Å². The summed E-state index contributed by atoms with van der Waals surface area (Å²) < 4.78 is 0. The van der Waals surface area contributed by atoms with Crippen molar-refractivity contribution in [1.82, 2.24) is 20.2 Å². The van der Waals surface area contributed by atoms with E-state index in [0.29, 0.717) is 16.5 Å². The number of halogens is 1. The second kappa shape index (κ2) is 5.49. The number of nitrogen functional groups attached to an aromatic ring is 1. The second-order valence-electron chi connectivity index (χ2n) is 3.55. The fraction of sp³-hybridized carbons (Fsp3) is 0.300. The zero-order chi connectivity index (χ0) is 12.1. The van der Waals surface area contributed by atoms with E-state index in [9.17, 15) is 0 Å². The van der Waals surface area contributed by atoms with E-state index in [1.54, 1.807) is 12.3 Å². The van der Waals surface area contributed by atoms with Crippen molar-refractivity contribution in [2.75, 3.05) is 17.6 Å². The van der Waals surface area contributed by atoms with Gasteiger partial charge in [-0.05, 0) is 12.5 Å². The molecule has 2 heterocycles. The van der Waals surface area contributed by atoms with E-state index in [4.69, 9.17) is 17.3 Å². The first-order valence-electron chi connectivity index (χ1n) is 5.25. The molecule has 0 aliphatic carbocycles. The molecule has 0 fully saturated rings. The summed E-state index contributed by atoms with van der Waals surface area (Å²) in [5, 5.41) is 10.3. The van der Waals surface area contributed by atoms with Crippen LogP contribution in [0.2, 0.25) is 5.02 Å². The van der Waals surface area contributed by atoms with Crippen LogP contribution >= 0.6 is 11.6 Å². The van der Waals surface area contributed by atoms with Gasteiger partial charge in [0.25, 0.3) is 0 Å². The van der Waals surface area contributed by atoms with Gasteiger partial charge in [-0.25, -0.2) is 9.97 Å². The minimum absolute atomic E-state index is 0.537.